The zero-order chi connectivity index (χ0) is 13.6. The van der Waals surface area contributed by atoms with Gasteiger partial charge in [0.25, 0.3) is 0 Å². The third-order valence-electron chi connectivity index (χ3n) is 3.94. The molecule has 19 heavy (non-hydrogen) atoms. The maximum atomic E-state index is 5.27. The highest BCUT2D eigenvalue weighted by molar-refractivity contribution is 5.15. The molecule has 1 aliphatic rings. The molecule has 0 saturated carbocycles. The van der Waals surface area contributed by atoms with Crippen LogP contribution in [0.25, 0.3) is 0 Å². The molecule has 0 spiro atoms. The Balaban J connectivity index is 1.82. The summed E-state index contributed by atoms with van der Waals surface area (Å²) in [6, 6.07) is 0.132. The van der Waals surface area contributed by atoms with Crippen molar-refractivity contribution >= 4 is 0 Å². The van der Waals surface area contributed by atoms with E-state index in [9.17, 15) is 0 Å². The highest BCUT2D eigenvalue weighted by Gasteiger charge is 2.27. The average Bonchev–Trinajstić information content (AvgIpc) is 2.94. The standard InChI is InChI=1S/C13H19N5O/c1-8-9(2)18-6-5-17(7-12(18)14-8)10(3)13-15-11(4)16-19-13/h10H,5-7H2,1-4H3. The maximum Gasteiger partial charge on any atom is 0.243 e. The summed E-state index contributed by atoms with van der Waals surface area (Å²) in [6.07, 6.45) is 0. The Morgan fingerprint density at radius 1 is 1.16 bits per heavy atom. The molecular weight excluding hydrogens is 242 g/mol. The number of hydrogen-bond acceptors (Lipinski definition) is 5. The minimum atomic E-state index is 0.132. The van der Waals surface area contributed by atoms with E-state index in [2.05, 4.69) is 45.4 Å². The van der Waals surface area contributed by atoms with Gasteiger partial charge in [0.2, 0.25) is 5.89 Å². The van der Waals surface area contributed by atoms with Crippen molar-refractivity contribution in [2.75, 3.05) is 6.54 Å². The molecule has 0 aromatic carbocycles. The highest BCUT2D eigenvalue weighted by Crippen LogP contribution is 2.25. The molecule has 2 aromatic rings. The predicted molar refractivity (Wildman–Crippen MR) is 69.6 cm³/mol. The molecule has 0 N–H and O–H groups in total. The summed E-state index contributed by atoms with van der Waals surface area (Å²) in [7, 11) is 0. The van der Waals surface area contributed by atoms with E-state index in [1.54, 1.807) is 0 Å². The van der Waals surface area contributed by atoms with Gasteiger partial charge < -0.3 is 9.09 Å². The Labute approximate surface area is 112 Å². The van der Waals surface area contributed by atoms with Gasteiger partial charge in [0.15, 0.2) is 5.82 Å². The zero-order valence-corrected chi connectivity index (χ0v) is 11.8. The number of aromatic nitrogens is 4. The summed E-state index contributed by atoms with van der Waals surface area (Å²) in [5.41, 5.74) is 2.40. The van der Waals surface area contributed by atoms with E-state index in [4.69, 9.17) is 4.52 Å². The molecule has 0 aliphatic carbocycles. The van der Waals surface area contributed by atoms with E-state index in [0.29, 0.717) is 11.7 Å². The number of fused-ring (bicyclic) bond motifs is 1. The van der Waals surface area contributed by atoms with Crippen LogP contribution in [0.5, 0.6) is 0 Å². The molecule has 6 nitrogen and oxygen atoms in total. The summed E-state index contributed by atoms with van der Waals surface area (Å²) in [4.78, 5) is 11.3. The highest BCUT2D eigenvalue weighted by atomic mass is 16.5. The molecule has 0 amide bonds. The van der Waals surface area contributed by atoms with E-state index in [0.717, 1.165) is 31.2 Å². The van der Waals surface area contributed by atoms with Crippen LogP contribution in [0.3, 0.4) is 0 Å². The lowest BCUT2D eigenvalue weighted by Crippen LogP contribution is -2.36. The molecule has 1 aliphatic heterocycles. The molecule has 0 saturated heterocycles. The van der Waals surface area contributed by atoms with Crippen molar-refractivity contribution in [3.8, 4) is 0 Å². The van der Waals surface area contributed by atoms with Gasteiger partial charge in [-0.2, -0.15) is 4.98 Å². The Bertz CT molecular complexity index is 600. The first kappa shape index (κ1) is 12.3. The van der Waals surface area contributed by atoms with Crippen molar-refractivity contribution < 1.29 is 4.52 Å². The lowest BCUT2D eigenvalue weighted by molar-refractivity contribution is 0.135. The largest absolute Gasteiger partial charge is 0.338 e. The first-order valence-corrected chi connectivity index (χ1v) is 6.63. The number of imidazole rings is 1. The van der Waals surface area contributed by atoms with Crippen LogP contribution in [-0.4, -0.2) is 31.1 Å². The molecular formula is C13H19N5O. The molecule has 3 rings (SSSR count). The van der Waals surface area contributed by atoms with Gasteiger partial charge in [-0.3, -0.25) is 4.90 Å². The van der Waals surface area contributed by atoms with Crippen LogP contribution < -0.4 is 0 Å². The first-order valence-electron chi connectivity index (χ1n) is 6.63. The smallest absolute Gasteiger partial charge is 0.243 e. The normalized spacial score (nSPS) is 17.5. The maximum absolute atomic E-state index is 5.27. The van der Waals surface area contributed by atoms with Crippen LogP contribution in [0, 0.1) is 20.8 Å². The van der Waals surface area contributed by atoms with Gasteiger partial charge in [0.05, 0.1) is 18.3 Å². The van der Waals surface area contributed by atoms with E-state index in [-0.39, 0.29) is 6.04 Å². The van der Waals surface area contributed by atoms with Crippen LogP contribution in [0.15, 0.2) is 4.52 Å². The Kier molecular flexibility index (Phi) is 2.89. The second-order valence-electron chi connectivity index (χ2n) is 5.18. The lowest BCUT2D eigenvalue weighted by atomic mass is 10.2. The van der Waals surface area contributed by atoms with E-state index < -0.39 is 0 Å². The van der Waals surface area contributed by atoms with Gasteiger partial charge >= 0.3 is 0 Å². The van der Waals surface area contributed by atoms with Crippen molar-refractivity contribution in [3.05, 3.63) is 28.9 Å². The van der Waals surface area contributed by atoms with Gasteiger partial charge in [-0.1, -0.05) is 5.16 Å². The molecule has 0 bridgehead atoms. The summed E-state index contributed by atoms with van der Waals surface area (Å²) in [5, 5.41) is 3.86. The zero-order valence-electron chi connectivity index (χ0n) is 11.8. The summed E-state index contributed by atoms with van der Waals surface area (Å²) in [5.74, 6) is 2.50. The first-order chi connectivity index (χ1) is 9.06. The topological polar surface area (TPSA) is 60.0 Å². The van der Waals surface area contributed by atoms with E-state index in [1.165, 1.54) is 5.69 Å². The van der Waals surface area contributed by atoms with Gasteiger partial charge in [-0.05, 0) is 27.7 Å². The van der Waals surface area contributed by atoms with Crippen molar-refractivity contribution in [1.29, 1.82) is 0 Å². The summed E-state index contributed by atoms with van der Waals surface area (Å²) >= 11 is 0. The van der Waals surface area contributed by atoms with Crippen molar-refractivity contribution in [2.45, 2.75) is 46.8 Å². The molecule has 0 radical (unpaired) electrons. The number of rotatable bonds is 2. The van der Waals surface area contributed by atoms with Crippen molar-refractivity contribution in [3.63, 3.8) is 0 Å². The monoisotopic (exact) mass is 261 g/mol. The number of aryl methyl sites for hydroxylation is 2. The molecule has 6 heteroatoms. The lowest BCUT2D eigenvalue weighted by Gasteiger charge is -2.31. The Morgan fingerprint density at radius 2 is 1.95 bits per heavy atom. The van der Waals surface area contributed by atoms with Gasteiger partial charge in [-0.25, -0.2) is 4.98 Å². The number of nitrogens with zero attached hydrogens (tertiary/aromatic N) is 5. The molecule has 2 aromatic heterocycles. The minimum Gasteiger partial charge on any atom is -0.338 e. The SMILES string of the molecule is Cc1noc(C(C)N2CCn3c(nc(C)c3C)C2)n1. The Hall–Kier alpha value is -1.69. The van der Waals surface area contributed by atoms with Crippen LogP contribution in [-0.2, 0) is 13.1 Å². The molecule has 3 heterocycles. The fourth-order valence-corrected chi connectivity index (χ4v) is 2.60. The molecule has 0 fully saturated rings. The predicted octanol–water partition coefficient (Wildman–Crippen LogP) is 1.77. The van der Waals surface area contributed by atoms with E-state index >= 15 is 0 Å². The molecule has 1 unspecified atom stereocenters. The third kappa shape index (κ3) is 2.06. The summed E-state index contributed by atoms with van der Waals surface area (Å²) in [6.45, 7) is 10.9. The summed E-state index contributed by atoms with van der Waals surface area (Å²) < 4.78 is 7.57. The average molecular weight is 261 g/mol. The quantitative estimate of drug-likeness (QED) is 0.824. The fraction of sp³-hybridized carbons (Fsp3) is 0.615. The fourth-order valence-electron chi connectivity index (χ4n) is 2.60. The van der Waals surface area contributed by atoms with Gasteiger partial charge in [-0.15, -0.1) is 0 Å². The van der Waals surface area contributed by atoms with E-state index in [1.807, 2.05) is 6.92 Å². The van der Waals surface area contributed by atoms with Gasteiger partial charge in [0.1, 0.15) is 5.82 Å². The van der Waals surface area contributed by atoms with Crippen LogP contribution in [0.2, 0.25) is 0 Å². The minimum absolute atomic E-state index is 0.132. The van der Waals surface area contributed by atoms with Gasteiger partial charge in [0, 0.05) is 18.8 Å². The van der Waals surface area contributed by atoms with Crippen LogP contribution in [0.4, 0.5) is 0 Å². The third-order valence-corrected chi connectivity index (χ3v) is 3.94. The second-order valence-corrected chi connectivity index (χ2v) is 5.18. The van der Waals surface area contributed by atoms with Crippen LogP contribution in [0.1, 0.15) is 41.9 Å². The molecule has 1 atom stereocenters. The van der Waals surface area contributed by atoms with Crippen molar-refractivity contribution in [1.82, 2.24) is 24.6 Å². The van der Waals surface area contributed by atoms with Crippen molar-refractivity contribution in [2.24, 2.45) is 0 Å². The second kappa shape index (κ2) is 4.45. The van der Waals surface area contributed by atoms with Crippen LogP contribution >= 0.6 is 0 Å². The number of hydrogen-bond donors (Lipinski definition) is 0. The molecule has 102 valence electrons. The Morgan fingerprint density at radius 3 is 2.63 bits per heavy atom.